The van der Waals surface area contributed by atoms with Crippen molar-refractivity contribution < 1.29 is 19.1 Å². The minimum atomic E-state index is -0.508. The molecular weight excluding hydrogens is 318 g/mol. The molecule has 1 amide bonds. The number of ether oxygens (including phenoxy) is 2. The normalized spacial score (nSPS) is 23.3. The average Bonchev–Trinajstić information content (AvgIpc) is 3.01. The van der Waals surface area contributed by atoms with Crippen molar-refractivity contribution in [2.75, 3.05) is 13.2 Å². The molecule has 2 aliphatic heterocycles. The lowest BCUT2D eigenvalue weighted by Crippen LogP contribution is -2.44. The molecule has 136 valence electrons. The van der Waals surface area contributed by atoms with Crippen LogP contribution in [-0.4, -0.2) is 41.6 Å². The molecule has 0 radical (unpaired) electrons. The van der Waals surface area contributed by atoms with Gasteiger partial charge < -0.3 is 14.4 Å². The van der Waals surface area contributed by atoms with Crippen molar-refractivity contribution in [1.29, 1.82) is 0 Å². The summed E-state index contributed by atoms with van der Waals surface area (Å²) in [5.74, 6) is 0.0714. The van der Waals surface area contributed by atoms with Crippen LogP contribution in [0.2, 0.25) is 0 Å². The predicted octanol–water partition coefficient (Wildman–Crippen LogP) is 3.90. The van der Waals surface area contributed by atoms with Crippen molar-refractivity contribution >= 4 is 11.9 Å². The van der Waals surface area contributed by atoms with Gasteiger partial charge in [-0.3, -0.25) is 4.79 Å². The Hall–Kier alpha value is -1.88. The van der Waals surface area contributed by atoms with Crippen molar-refractivity contribution in [2.45, 2.75) is 64.7 Å². The molecular formula is C20H27NO4. The predicted molar refractivity (Wildman–Crippen MR) is 94.8 cm³/mol. The summed E-state index contributed by atoms with van der Waals surface area (Å²) in [5, 5.41) is 0. The Bertz CT molecular complexity index is 677. The number of benzene rings is 1. The van der Waals surface area contributed by atoms with Crippen molar-refractivity contribution in [2.24, 2.45) is 0 Å². The van der Waals surface area contributed by atoms with E-state index in [1.54, 1.807) is 6.92 Å². The second kappa shape index (κ2) is 6.79. The third kappa shape index (κ3) is 3.87. The second-order valence-electron chi connectivity index (χ2n) is 7.89. The first kappa shape index (κ1) is 17.9. The zero-order valence-corrected chi connectivity index (χ0v) is 15.5. The lowest BCUT2D eigenvalue weighted by Gasteiger charge is -2.36. The van der Waals surface area contributed by atoms with Gasteiger partial charge in [0.15, 0.2) is 5.78 Å². The van der Waals surface area contributed by atoms with Crippen LogP contribution in [0, 0.1) is 0 Å². The van der Waals surface area contributed by atoms with Crippen molar-refractivity contribution in [3.8, 4) is 0 Å². The van der Waals surface area contributed by atoms with E-state index in [1.807, 2.05) is 43.9 Å². The zero-order chi connectivity index (χ0) is 18.2. The smallest absolute Gasteiger partial charge is 0.410 e. The fourth-order valence-electron chi connectivity index (χ4n) is 3.68. The maximum absolute atomic E-state index is 12.6. The number of carbonyl (C=O) groups excluding carboxylic acids is 2. The summed E-state index contributed by atoms with van der Waals surface area (Å²) in [6.45, 7) is 8.53. The number of carbonyl (C=O) groups is 2. The number of likely N-dealkylation sites (tertiary alicyclic amines) is 1. The van der Waals surface area contributed by atoms with Crippen LogP contribution < -0.4 is 0 Å². The molecule has 5 heteroatoms. The third-order valence-corrected chi connectivity index (χ3v) is 4.80. The second-order valence-corrected chi connectivity index (χ2v) is 7.89. The van der Waals surface area contributed by atoms with Crippen LogP contribution >= 0.6 is 0 Å². The maximum Gasteiger partial charge on any atom is 0.410 e. The number of rotatable bonds is 2. The molecule has 0 saturated carbocycles. The Kier molecular flexibility index (Phi) is 4.87. The number of fused-ring (bicyclic) bond motifs is 1. The van der Waals surface area contributed by atoms with E-state index in [2.05, 4.69) is 0 Å². The first-order valence-corrected chi connectivity index (χ1v) is 9.01. The molecule has 1 aromatic carbocycles. The van der Waals surface area contributed by atoms with E-state index in [4.69, 9.17) is 9.47 Å². The van der Waals surface area contributed by atoms with E-state index in [0.717, 1.165) is 36.0 Å². The molecule has 5 nitrogen and oxygen atoms in total. The molecule has 2 aliphatic rings. The van der Waals surface area contributed by atoms with E-state index < -0.39 is 5.60 Å². The largest absolute Gasteiger partial charge is 0.444 e. The Morgan fingerprint density at radius 3 is 2.72 bits per heavy atom. The Labute approximate surface area is 149 Å². The highest BCUT2D eigenvalue weighted by Gasteiger charge is 2.40. The van der Waals surface area contributed by atoms with E-state index in [0.29, 0.717) is 13.2 Å². The van der Waals surface area contributed by atoms with Crippen LogP contribution in [0.25, 0.3) is 0 Å². The Morgan fingerprint density at radius 1 is 1.28 bits per heavy atom. The van der Waals surface area contributed by atoms with Gasteiger partial charge in [-0.2, -0.15) is 0 Å². The van der Waals surface area contributed by atoms with Gasteiger partial charge in [-0.05, 0) is 64.2 Å². The lowest BCUT2D eigenvalue weighted by atomic mass is 9.90. The van der Waals surface area contributed by atoms with Gasteiger partial charge >= 0.3 is 6.09 Å². The van der Waals surface area contributed by atoms with Crippen LogP contribution in [-0.2, 0) is 15.9 Å². The summed E-state index contributed by atoms with van der Waals surface area (Å²) in [6.07, 6.45) is 2.22. The molecule has 0 aromatic heterocycles. The quantitative estimate of drug-likeness (QED) is 0.763. The number of Topliss-reactive ketones (excluding diaryl/α,β-unsaturated/α-hetero) is 1. The molecule has 1 saturated heterocycles. The van der Waals surface area contributed by atoms with Crippen LogP contribution in [0.5, 0.6) is 0 Å². The maximum atomic E-state index is 12.6. The first-order valence-electron chi connectivity index (χ1n) is 9.01. The van der Waals surface area contributed by atoms with Crippen LogP contribution in [0.3, 0.4) is 0 Å². The molecule has 2 heterocycles. The van der Waals surface area contributed by atoms with Gasteiger partial charge in [0.05, 0.1) is 12.6 Å². The third-order valence-electron chi connectivity index (χ3n) is 4.80. The average molecular weight is 345 g/mol. The minimum absolute atomic E-state index is 0.0166. The van der Waals surface area contributed by atoms with Crippen LogP contribution in [0.15, 0.2) is 18.2 Å². The number of amides is 1. The Balaban J connectivity index is 1.85. The highest BCUT2D eigenvalue weighted by Crippen LogP contribution is 2.37. The standard InChI is InChI=1S/C20H27NO4/c1-13(22)14-7-8-16-15(12-14)9-11-24-18(16)17-6-5-10-21(17)19(23)25-20(2,3)4/h7-8,12,17-18H,5-6,9-11H2,1-4H3/t17?,18-/m0/s1. The molecule has 25 heavy (non-hydrogen) atoms. The van der Waals surface area contributed by atoms with E-state index >= 15 is 0 Å². The number of hydrogen-bond acceptors (Lipinski definition) is 4. The minimum Gasteiger partial charge on any atom is -0.444 e. The molecule has 2 atom stereocenters. The van der Waals surface area contributed by atoms with E-state index in [-0.39, 0.29) is 24.0 Å². The zero-order valence-electron chi connectivity index (χ0n) is 15.5. The lowest BCUT2D eigenvalue weighted by molar-refractivity contribution is -0.0265. The fraction of sp³-hybridized carbons (Fsp3) is 0.600. The van der Waals surface area contributed by atoms with Gasteiger partial charge in [0.2, 0.25) is 0 Å². The highest BCUT2D eigenvalue weighted by molar-refractivity contribution is 5.94. The molecule has 1 fully saturated rings. The van der Waals surface area contributed by atoms with Gasteiger partial charge in [-0.1, -0.05) is 12.1 Å². The molecule has 0 aliphatic carbocycles. The Morgan fingerprint density at radius 2 is 2.04 bits per heavy atom. The first-order chi connectivity index (χ1) is 11.8. The monoisotopic (exact) mass is 345 g/mol. The highest BCUT2D eigenvalue weighted by atomic mass is 16.6. The summed E-state index contributed by atoms with van der Waals surface area (Å²) in [5.41, 5.74) is 2.47. The van der Waals surface area contributed by atoms with Gasteiger partial charge in [-0.15, -0.1) is 0 Å². The molecule has 1 aromatic rings. The van der Waals surface area contributed by atoms with E-state index in [9.17, 15) is 9.59 Å². The summed E-state index contributed by atoms with van der Waals surface area (Å²) in [4.78, 5) is 26.0. The van der Waals surface area contributed by atoms with E-state index in [1.165, 1.54) is 0 Å². The number of ketones is 1. The number of hydrogen-bond donors (Lipinski definition) is 0. The van der Waals surface area contributed by atoms with Gasteiger partial charge in [-0.25, -0.2) is 4.79 Å². The summed E-state index contributed by atoms with van der Waals surface area (Å²) in [7, 11) is 0. The number of nitrogens with zero attached hydrogens (tertiary/aromatic N) is 1. The van der Waals surface area contributed by atoms with Gasteiger partial charge in [0.1, 0.15) is 11.7 Å². The summed E-state index contributed by atoms with van der Waals surface area (Å²) in [6, 6.07) is 5.80. The molecule has 3 rings (SSSR count). The fourth-order valence-corrected chi connectivity index (χ4v) is 3.68. The van der Waals surface area contributed by atoms with Gasteiger partial charge in [0.25, 0.3) is 0 Å². The van der Waals surface area contributed by atoms with Crippen LogP contribution in [0.4, 0.5) is 4.79 Å². The molecule has 0 N–H and O–H groups in total. The van der Waals surface area contributed by atoms with Crippen molar-refractivity contribution in [3.05, 3.63) is 34.9 Å². The topological polar surface area (TPSA) is 55.8 Å². The molecule has 0 spiro atoms. The summed E-state index contributed by atoms with van der Waals surface area (Å²) >= 11 is 0. The van der Waals surface area contributed by atoms with Crippen molar-refractivity contribution in [1.82, 2.24) is 4.90 Å². The van der Waals surface area contributed by atoms with Crippen molar-refractivity contribution in [3.63, 3.8) is 0 Å². The molecule has 0 bridgehead atoms. The SMILES string of the molecule is CC(=O)c1ccc2c(c1)CCO[C@@H]2C1CCCN1C(=O)OC(C)(C)C. The molecule has 1 unspecified atom stereocenters. The van der Waals surface area contributed by atoms with Crippen LogP contribution in [0.1, 0.15) is 68.1 Å². The summed E-state index contributed by atoms with van der Waals surface area (Å²) < 4.78 is 11.6. The van der Waals surface area contributed by atoms with Gasteiger partial charge in [0, 0.05) is 12.1 Å².